The van der Waals surface area contributed by atoms with Crippen molar-refractivity contribution in [2.45, 2.75) is 64.3 Å². The highest BCUT2D eigenvalue weighted by atomic mass is 16.5. The lowest BCUT2D eigenvalue weighted by molar-refractivity contribution is -0.143. The molecule has 1 fully saturated rings. The number of carbonyl (C=O) groups excluding carboxylic acids is 2. The van der Waals surface area contributed by atoms with Gasteiger partial charge in [0.1, 0.15) is 12.4 Å². The fourth-order valence-corrected chi connectivity index (χ4v) is 6.00. The molecule has 5 rings (SSSR count). The fourth-order valence-electron chi connectivity index (χ4n) is 6.00. The highest BCUT2D eigenvalue weighted by Crippen LogP contribution is 2.39. The van der Waals surface area contributed by atoms with E-state index in [0.717, 1.165) is 57.1 Å². The zero-order valence-electron chi connectivity index (χ0n) is 20.2. The lowest BCUT2D eigenvalue weighted by Gasteiger charge is -2.42. The van der Waals surface area contributed by atoms with Crippen LogP contribution < -0.4 is 10.1 Å². The second-order valence-electron chi connectivity index (χ2n) is 10.5. The van der Waals surface area contributed by atoms with Crippen LogP contribution in [0.4, 0.5) is 0 Å². The summed E-state index contributed by atoms with van der Waals surface area (Å²) in [5, 5.41) is 3.23. The van der Waals surface area contributed by atoms with Crippen molar-refractivity contribution in [1.82, 2.24) is 10.2 Å². The van der Waals surface area contributed by atoms with Gasteiger partial charge in [0.25, 0.3) is 0 Å². The highest BCUT2D eigenvalue weighted by Gasteiger charge is 2.43. The Labute approximate surface area is 202 Å². The molecule has 5 nitrogen and oxygen atoms in total. The third kappa shape index (κ3) is 4.70. The SMILES string of the molecule is C[C@@H]1COc2ccccc2CCCCC2(CCN(C(=O)C3Cc4ccccc4C3)CC2)C(=O)N1. The Morgan fingerprint density at radius 3 is 2.29 bits per heavy atom. The van der Waals surface area contributed by atoms with E-state index in [9.17, 15) is 9.59 Å². The minimum atomic E-state index is -0.387. The third-order valence-corrected chi connectivity index (χ3v) is 8.10. The fraction of sp³-hybridized carbons (Fsp3) is 0.517. The smallest absolute Gasteiger partial charge is 0.226 e. The molecule has 1 N–H and O–H groups in total. The summed E-state index contributed by atoms with van der Waals surface area (Å²) in [6.45, 7) is 3.82. The average Bonchev–Trinajstić information content (AvgIpc) is 3.30. The van der Waals surface area contributed by atoms with Gasteiger partial charge in [-0.05, 0) is 74.6 Å². The molecule has 180 valence electrons. The second kappa shape index (κ2) is 9.81. The molecular weight excluding hydrogens is 424 g/mol. The topological polar surface area (TPSA) is 58.6 Å². The van der Waals surface area contributed by atoms with E-state index in [0.29, 0.717) is 19.7 Å². The summed E-state index contributed by atoms with van der Waals surface area (Å²) in [6, 6.07) is 16.6. The molecule has 2 amide bonds. The van der Waals surface area contributed by atoms with Gasteiger partial charge in [-0.2, -0.15) is 0 Å². The molecular formula is C29H36N2O3. The number of carbonyl (C=O) groups is 2. The summed E-state index contributed by atoms with van der Waals surface area (Å²) in [6.07, 6.45) is 7.06. The molecule has 2 aromatic carbocycles. The van der Waals surface area contributed by atoms with Gasteiger partial charge in [-0.3, -0.25) is 9.59 Å². The number of ether oxygens (including phenoxy) is 1. The van der Waals surface area contributed by atoms with E-state index in [-0.39, 0.29) is 29.2 Å². The van der Waals surface area contributed by atoms with E-state index in [1.54, 1.807) is 0 Å². The molecule has 0 aromatic heterocycles. The van der Waals surface area contributed by atoms with E-state index in [1.165, 1.54) is 16.7 Å². The van der Waals surface area contributed by atoms with Crippen LogP contribution in [0.15, 0.2) is 48.5 Å². The Kier molecular flexibility index (Phi) is 6.62. The van der Waals surface area contributed by atoms with Crippen LogP contribution in [0.25, 0.3) is 0 Å². The Morgan fingerprint density at radius 1 is 0.941 bits per heavy atom. The van der Waals surface area contributed by atoms with E-state index in [4.69, 9.17) is 4.74 Å². The van der Waals surface area contributed by atoms with Crippen LogP contribution in [0, 0.1) is 11.3 Å². The number of likely N-dealkylation sites (tertiary alicyclic amines) is 1. The third-order valence-electron chi connectivity index (χ3n) is 8.10. The number of fused-ring (bicyclic) bond motifs is 2. The van der Waals surface area contributed by atoms with Gasteiger partial charge in [-0.1, -0.05) is 48.9 Å². The molecule has 3 aliphatic rings. The molecule has 0 unspecified atom stereocenters. The Balaban J connectivity index is 1.24. The van der Waals surface area contributed by atoms with Crippen LogP contribution >= 0.6 is 0 Å². The number of aryl methyl sites for hydroxylation is 1. The van der Waals surface area contributed by atoms with Crippen LogP contribution in [-0.2, 0) is 28.9 Å². The van der Waals surface area contributed by atoms with E-state index in [1.807, 2.05) is 24.0 Å². The number of piperidine rings is 1. The quantitative estimate of drug-likeness (QED) is 0.690. The van der Waals surface area contributed by atoms with Crippen LogP contribution in [0.3, 0.4) is 0 Å². The lowest BCUT2D eigenvalue weighted by Crippen LogP contribution is -2.53. The average molecular weight is 461 g/mol. The normalized spacial score (nSPS) is 23.1. The molecule has 34 heavy (non-hydrogen) atoms. The molecule has 2 heterocycles. The number of hydrogen-bond donors (Lipinski definition) is 1. The van der Waals surface area contributed by atoms with Crippen molar-refractivity contribution in [3.05, 3.63) is 65.2 Å². The number of para-hydroxylation sites is 1. The predicted molar refractivity (Wildman–Crippen MR) is 133 cm³/mol. The molecule has 1 spiro atoms. The standard InChI is InChI=1S/C29H36N2O3/c1-21-20-34-26-12-5-4-8-22(26)9-6-7-13-29(28(33)30-21)14-16-31(17-15-29)27(32)25-18-23-10-2-3-11-24(23)19-25/h2-5,8,10-12,21,25H,6-7,9,13-20H2,1H3,(H,30,33)/t21-/m1/s1. The summed E-state index contributed by atoms with van der Waals surface area (Å²) in [4.78, 5) is 28.8. The van der Waals surface area contributed by atoms with Gasteiger partial charge in [-0.25, -0.2) is 0 Å². The van der Waals surface area contributed by atoms with Crippen molar-refractivity contribution in [3.8, 4) is 5.75 Å². The van der Waals surface area contributed by atoms with Crippen molar-refractivity contribution < 1.29 is 14.3 Å². The number of benzene rings is 2. The lowest BCUT2D eigenvalue weighted by atomic mass is 9.73. The summed E-state index contributed by atoms with van der Waals surface area (Å²) in [7, 11) is 0. The van der Waals surface area contributed by atoms with Crippen LogP contribution in [0.1, 0.15) is 55.7 Å². The largest absolute Gasteiger partial charge is 0.491 e. The molecule has 0 bridgehead atoms. The monoisotopic (exact) mass is 460 g/mol. The first kappa shape index (κ1) is 22.9. The highest BCUT2D eigenvalue weighted by molar-refractivity contribution is 5.84. The van der Waals surface area contributed by atoms with Gasteiger partial charge in [-0.15, -0.1) is 0 Å². The van der Waals surface area contributed by atoms with Gasteiger partial charge >= 0.3 is 0 Å². The van der Waals surface area contributed by atoms with Crippen molar-refractivity contribution in [1.29, 1.82) is 0 Å². The molecule has 1 aliphatic carbocycles. The minimum Gasteiger partial charge on any atom is -0.491 e. The molecule has 0 radical (unpaired) electrons. The van der Waals surface area contributed by atoms with Gasteiger partial charge < -0.3 is 15.0 Å². The van der Waals surface area contributed by atoms with Crippen molar-refractivity contribution in [2.24, 2.45) is 11.3 Å². The Bertz CT molecular complexity index is 1020. The number of hydrogen-bond acceptors (Lipinski definition) is 3. The van der Waals surface area contributed by atoms with Gasteiger partial charge in [0.15, 0.2) is 0 Å². The van der Waals surface area contributed by atoms with Crippen molar-refractivity contribution >= 4 is 11.8 Å². The zero-order valence-corrected chi connectivity index (χ0v) is 20.2. The first-order valence-electron chi connectivity index (χ1n) is 12.9. The van der Waals surface area contributed by atoms with Crippen molar-refractivity contribution in [2.75, 3.05) is 19.7 Å². The van der Waals surface area contributed by atoms with Gasteiger partial charge in [0.2, 0.25) is 11.8 Å². The van der Waals surface area contributed by atoms with E-state index >= 15 is 0 Å². The molecule has 1 atom stereocenters. The van der Waals surface area contributed by atoms with E-state index < -0.39 is 0 Å². The van der Waals surface area contributed by atoms with Crippen LogP contribution in [0.5, 0.6) is 5.75 Å². The maximum absolute atomic E-state index is 13.5. The molecule has 1 saturated heterocycles. The Morgan fingerprint density at radius 2 is 1.59 bits per heavy atom. The summed E-state index contributed by atoms with van der Waals surface area (Å²) < 4.78 is 6.06. The summed E-state index contributed by atoms with van der Waals surface area (Å²) in [5.41, 5.74) is 3.48. The molecule has 0 saturated carbocycles. The molecule has 2 aliphatic heterocycles. The van der Waals surface area contributed by atoms with Crippen LogP contribution in [0.2, 0.25) is 0 Å². The van der Waals surface area contributed by atoms with E-state index in [2.05, 4.69) is 41.7 Å². The van der Waals surface area contributed by atoms with Crippen molar-refractivity contribution in [3.63, 3.8) is 0 Å². The zero-order chi connectivity index (χ0) is 23.5. The molecule has 2 aromatic rings. The maximum Gasteiger partial charge on any atom is 0.226 e. The Hall–Kier alpha value is -2.82. The maximum atomic E-state index is 13.5. The first-order valence-corrected chi connectivity index (χ1v) is 12.9. The second-order valence-corrected chi connectivity index (χ2v) is 10.5. The molecule has 5 heteroatoms. The van der Waals surface area contributed by atoms with Gasteiger partial charge in [0.05, 0.1) is 11.5 Å². The predicted octanol–water partition coefficient (Wildman–Crippen LogP) is 4.32. The minimum absolute atomic E-state index is 0.0498. The number of amides is 2. The number of nitrogens with one attached hydrogen (secondary N) is 1. The number of rotatable bonds is 1. The van der Waals surface area contributed by atoms with Gasteiger partial charge in [0, 0.05) is 19.0 Å². The summed E-state index contributed by atoms with van der Waals surface area (Å²) in [5.74, 6) is 1.38. The first-order chi connectivity index (χ1) is 16.5. The summed E-state index contributed by atoms with van der Waals surface area (Å²) >= 11 is 0. The van der Waals surface area contributed by atoms with Crippen LogP contribution in [-0.4, -0.2) is 42.5 Å². The number of nitrogens with zero attached hydrogens (tertiary/aromatic N) is 1.